The molecule has 5 heterocycles. The van der Waals surface area contributed by atoms with E-state index >= 15 is 0 Å². The number of nitrogens with zero attached hydrogens (tertiary/aromatic N) is 4. The fraction of sp³-hybridized carbons (Fsp3) is 0.233. The van der Waals surface area contributed by atoms with Gasteiger partial charge in [0.2, 0.25) is 5.91 Å². The molecule has 6 rings (SSSR count). The number of hydrogen-bond acceptors (Lipinski definition) is 7. The smallest absolute Gasteiger partial charge is 0.331 e. The normalized spacial score (nSPS) is 16.3. The lowest BCUT2D eigenvalue weighted by Gasteiger charge is -2.32. The number of likely N-dealkylation sites (tertiary alicyclic amines) is 1. The first-order chi connectivity index (χ1) is 19.8. The molecule has 0 spiro atoms. The van der Waals surface area contributed by atoms with Crippen LogP contribution in [0.2, 0.25) is 0 Å². The van der Waals surface area contributed by atoms with Crippen LogP contribution in [0.25, 0.3) is 10.2 Å². The highest BCUT2D eigenvalue weighted by Gasteiger charge is 2.34. The highest BCUT2D eigenvalue weighted by molar-refractivity contribution is 7.21. The second-order valence-corrected chi connectivity index (χ2v) is 11.1. The number of amides is 4. The van der Waals surface area contributed by atoms with Crippen molar-refractivity contribution < 1.29 is 19.1 Å². The SMILES string of the molecule is C=CC(=O)N1CCCC(NC(=O)c2sc3nccc4c3c2NC(=O)N4c2ccc(Oc3ccc(C)nc3)cc2C)C1. The van der Waals surface area contributed by atoms with Crippen molar-refractivity contribution in [1.82, 2.24) is 20.2 Å². The number of urea groups is 1. The van der Waals surface area contributed by atoms with Gasteiger partial charge in [-0.05, 0) is 74.7 Å². The molecule has 1 atom stereocenters. The first-order valence-electron chi connectivity index (χ1n) is 13.3. The molecule has 1 unspecified atom stereocenters. The maximum Gasteiger partial charge on any atom is 0.331 e. The lowest BCUT2D eigenvalue weighted by molar-refractivity contribution is -0.127. The average molecular weight is 569 g/mol. The summed E-state index contributed by atoms with van der Waals surface area (Å²) in [5.41, 5.74) is 3.50. The number of anilines is 3. The Bertz CT molecular complexity index is 1700. The molecule has 1 fully saturated rings. The minimum absolute atomic E-state index is 0.149. The van der Waals surface area contributed by atoms with Crippen LogP contribution in [0.5, 0.6) is 11.5 Å². The van der Waals surface area contributed by atoms with Crippen molar-refractivity contribution in [3.05, 3.63) is 77.6 Å². The standard InChI is InChI=1S/C30H28N6O4S/c1-4-24(37)35-13-5-6-19(16-35)33-28(38)27-26-25-23(11-12-31-29(25)41-27)36(30(39)34-26)22-10-9-20(14-17(22)2)40-21-8-7-18(3)32-15-21/h4,7-12,14-15,19H,1,5-6,13,16H2,2-3H3,(H,33,38)(H,34,39). The summed E-state index contributed by atoms with van der Waals surface area (Å²) in [7, 11) is 0. The summed E-state index contributed by atoms with van der Waals surface area (Å²) in [4.78, 5) is 52.1. The van der Waals surface area contributed by atoms with Crippen LogP contribution in [0.15, 0.2) is 61.4 Å². The molecular weight excluding hydrogens is 540 g/mol. The number of thiophene rings is 1. The molecule has 10 nitrogen and oxygen atoms in total. The molecule has 2 N–H and O–H groups in total. The number of hydrogen-bond donors (Lipinski definition) is 2. The molecule has 0 radical (unpaired) electrons. The number of ether oxygens (including phenoxy) is 1. The van der Waals surface area contributed by atoms with Crippen molar-refractivity contribution in [2.45, 2.75) is 32.7 Å². The lowest BCUT2D eigenvalue weighted by atomic mass is 10.1. The average Bonchev–Trinajstić information content (AvgIpc) is 3.34. The van der Waals surface area contributed by atoms with E-state index in [1.807, 2.05) is 38.1 Å². The number of carbonyl (C=O) groups excluding carboxylic acids is 3. The van der Waals surface area contributed by atoms with Gasteiger partial charge in [-0.2, -0.15) is 0 Å². The van der Waals surface area contributed by atoms with Gasteiger partial charge in [-0.25, -0.2) is 9.78 Å². The van der Waals surface area contributed by atoms with E-state index in [1.165, 1.54) is 17.4 Å². The molecule has 4 amide bonds. The summed E-state index contributed by atoms with van der Waals surface area (Å²) in [6.07, 6.45) is 6.14. The molecule has 3 aromatic heterocycles. The number of aromatic nitrogens is 2. The van der Waals surface area contributed by atoms with Gasteiger partial charge in [0.1, 0.15) is 21.2 Å². The molecular formula is C30H28N6O4S. The summed E-state index contributed by atoms with van der Waals surface area (Å²) in [6, 6.07) is 10.5. The summed E-state index contributed by atoms with van der Waals surface area (Å²) in [5.74, 6) is 0.796. The van der Waals surface area contributed by atoms with Crippen LogP contribution in [0, 0.1) is 13.8 Å². The van der Waals surface area contributed by atoms with Crippen LogP contribution in [-0.2, 0) is 4.79 Å². The highest BCUT2D eigenvalue weighted by atomic mass is 32.1. The fourth-order valence-electron chi connectivity index (χ4n) is 5.25. The third-order valence-electron chi connectivity index (χ3n) is 7.22. The predicted octanol–water partition coefficient (Wildman–Crippen LogP) is 5.69. The first-order valence-corrected chi connectivity index (χ1v) is 14.1. The number of piperidine rings is 1. The van der Waals surface area contributed by atoms with Crippen LogP contribution < -0.4 is 20.3 Å². The van der Waals surface area contributed by atoms with Crippen LogP contribution in [0.1, 0.15) is 33.8 Å². The van der Waals surface area contributed by atoms with Gasteiger partial charge < -0.3 is 20.3 Å². The van der Waals surface area contributed by atoms with Gasteiger partial charge in [0, 0.05) is 31.0 Å². The Kier molecular flexibility index (Phi) is 6.88. The molecule has 0 bridgehead atoms. The number of carbonyl (C=O) groups is 3. The number of aryl methyl sites for hydroxylation is 2. The maximum atomic E-state index is 13.5. The Labute approximate surface area is 240 Å². The van der Waals surface area contributed by atoms with Crippen LogP contribution in [-0.4, -0.2) is 51.8 Å². The van der Waals surface area contributed by atoms with Crippen LogP contribution >= 0.6 is 11.3 Å². The van der Waals surface area contributed by atoms with Gasteiger partial charge >= 0.3 is 6.03 Å². The second kappa shape index (κ2) is 10.7. The lowest BCUT2D eigenvalue weighted by Crippen LogP contribution is -2.49. The summed E-state index contributed by atoms with van der Waals surface area (Å²) in [5, 5.41) is 6.70. The van der Waals surface area contributed by atoms with Crippen molar-refractivity contribution in [2.75, 3.05) is 23.3 Å². The van der Waals surface area contributed by atoms with Gasteiger partial charge in [-0.15, -0.1) is 11.3 Å². The third kappa shape index (κ3) is 5.00. The zero-order chi connectivity index (χ0) is 28.7. The third-order valence-corrected chi connectivity index (χ3v) is 8.32. The Morgan fingerprint density at radius 3 is 2.73 bits per heavy atom. The quantitative estimate of drug-likeness (QED) is 0.289. The molecule has 0 aliphatic carbocycles. The van der Waals surface area contributed by atoms with Gasteiger partial charge in [0.25, 0.3) is 5.91 Å². The van der Waals surface area contributed by atoms with E-state index in [1.54, 1.807) is 34.3 Å². The van der Waals surface area contributed by atoms with Crippen LogP contribution in [0.3, 0.4) is 0 Å². The first kappa shape index (κ1) is 26.5. The molecule has 1 saturated heterocycles. The monoisotopic (exact) mass is 568 g/mol. The van der Waals surface area contributed by atoms with E-state index in [4.69, 9.17) is 4.74 Å². The minimum Gasteiger partial charge on any atom is -0.456 e. The van der Waals surface area contributed by atoms with Crippen molar-refractivity contribution in [1.29, 1.82) is 0 Å². The molecule has 0 saturated carbocycles. The van der Waals surface area contributed by atoms with E-state index in [-0.39, 0.29) is 23.9 Å². The molecule has 2 aliphatic heterocycles. The van der Waals surface area contributed by atoms with Crippen molar-refractivity contribution in [3.8, 4) is 11.5 Å². The van der Waals surface area contributed by atoms with E-state index in [9.17, 15) is 14.4 Å². The van der Waals surface area contributed by atoms with Crippen molar-refractivity contribution >= 4 is 56.5 Å². The zero-order valence-corrected chi connectivity index (χ0v) is 23.5. The van der Waals surface area contributed by atoms with E-state index in [2.05, 4.69) is 27.2 Å². The highest BCUT2D eigenvalue weighted by Crippen LogP contribution is 2.46. The summed E-state index contributed by atoms with van der Waals surface area (Å²) in [6.45, 7) is 8.44. The fourth-order valence-corrected chi connectivity index (χ4v) is 6.27. The molecule has 11 heteroatoms. The van der Waals surface area contributed by atoms with Gasteiger partial charge in [0.15, 0.2) is 0 Å². The van der Waals surface area contributed by atoms with E-state index < -0.39 is 0 Å². The Balaban J connectivity index is 1.28. The van der Waals surface area contributed by atoms with Gasteiger partial charge in [-0.3, -0.25) is 19.5 Å². The number of benzene rings is 1. The second-order valence-electron chi connectivity index (χ2n) is 10.1. The molecule has 208 valence electrons. The number of pyridine rings is 2. The van der Waals surface area contributed by atoms with E-state index in [0.29, 0.717) is 56.7 Å². The Hall–Kier alpha value is -4.77. The number of nitrogens with one attached hydrogen (secondary N) is 2. The Morgan fingerprint density at radius 2 is 1.98 bits per heavy atom. The molecule has 4 aromatic rings. The van der Waals surface area contributed by atoms with Crippen LogP contribution in [0.4, 0.5) is 21.9 Å². The largest absolute Gasteiger partial charge is 0.456 e. The van der Waals surface area contributed by atoms with Crippen molar-refractivity contribution in [3.63, 3.8) is 0 Å². The van der Waals surface area contributed by atoms with Gasteiger partial charge in [-0.1, -0.05) is 6.58 Å². The van der Waals surface area contributed by atoms with E-state index in [0.717, 1.165) is 24.1 Å². The summed E-state index contributed by atoms with van der Waals surface area (Å²) < 4.78 is 5.95. The molecule has 2 aliphatic rings. The Morgan fingerprint density at radius 1 is 1.15 bits per heavy atom. The molecule has 41 heavy (non-hydrogen) atoms. The minimum atomic E-state index is -0.377. The summed E-state index contributed by atoms with van der Waals surface area (Å²) >= 11 is 1.23. The van der Waals surface area contributed by atoms with Gasteiger partial charge in [0.05, 0.1) is 28.6 Å². The predicted molar refractivity (Wildman–Crippen MR) is 158 cm³/mol. The molecule has 1 aromatic carbocycles. The number of rotatable bonds is 6. The topological polar surface area (TPSA) is 117 Å². The maximum absolute atomic E-state index is 13.5. The van der Waals surface area contributed by atoms with Crippen molar-refractivity contribution in [2.24, 2.45) is 0 Å². The zero-order valence-electron chi connectivity index (χ0n) is 22.6.